The Morgan fingerprint density at radius 1 is 1.38 bits per heavy atom. The van der Waals surface area contributed by atoms with Crippen LogP contribution in [0.2, 0.25) is 0 Å². The molecular formula is C10H20O3. The normalized spacial score (nSPS) is 33.2. The highest BCUT2D eigenvalue weighted by Crippen LogP contribution is 2.36. The second-order valence-electron chi connectivity index (χ2n) is 3.78. The fraction of sp³-hybridized carbons (Fsp3) is 1.00. The summed E-state index contributed by atoms with van der Waals surface area (Å²) >= 11 is 0. The van der Waals surface area contributed by atoms with Crippen molar-refractivity contribution in [1.82, 2.24) is 0 Å². The highest BCUT2D eigenvalue weighted by molar-refractivity contribution is 4.86. The molecule has 0 amide bonds. The van der Waals surface area contributed by atoms with Crippen molar-refractivity contribution >= 4 is 0 Å². The molecule has 0 spiro atoms. The predicted octanol–water partition coefficient (Wildman–Crippen LogP) is 1.55. The average molecular weight is 188 g/mol. The van der Waals surface area contributed by atoms with Crippen LogP contribution in [0.25, 0.3) is 0 Å². The molecule has 1 aliphatic carbocycles. The maximum Gasteiger partial charge on any atom is 0.193 e. The van der Waals surface area contributed by atoms with Gasteiger partial charge in [0, 0.05) is 20.6 Å². The molecule has 1 fully saturated rings. The van der Waals surface area contributed by atoms with Gasteiger partial charge in [0.2, 0.25) is 0 Å². The van der Waals surface area contributed by atoms with Crippen molar-refractivity contribution in [3.05, 3.63) is 0 Å². The number of hydrogen-bond donors (Lipinski definition) is 1. The van der Waals surface area contributed by atoms with E-state index in [9.17, 15) is 5.11 Å². The van der Waals surface area contributed by atoms with Gasteiger partial charge in [-0.05, 0) is 18.8 Å². The molecule has 0 saturated heterocycles. The Morgan fingerprint density at radius 3 is 2.38 bits per heavy atom. The Bertz CT molecular complexity index is 154. The maximum atomic E-state index is 9.87. The van der Waals surface area contributed by atoms with Gasteiger partial charge < -0.3 is 14.6 Å². The van der Waals surface area contributed by atoms with Gasteiger partial charge in [0.25, 0.3) is 0 Å². The molecule has 0 radical (unpaired) electrons. The molecule has 1 N–H and O–H groups in total. The van der Waals surface area contributed by atoms with Gasteiger partial charge in [-0.15, -0.1) is 0 Å². The van der Waals surface area contributed by atoms with Crippen molar-refractivity contribution in [3.63, 3.8) is 0 Å². The van der Waals surface area contributed by atoms with E-state index in [1.54, 1.807) is 14.2 Å². The molecule has 1 rings (SSSR count). The first-order valence-electron chi connectivity index (χ1n) is 4.97. The van der Waals surface area contributed by atoms with Crippen LogP contribution in [-0.2, 0) is 9.47 Å². The van der Waals surface area contributed by atoms with Crippen LogP contribution in [0.3, 0.4) is 0 Å². The molecule has 0 unspecified atom stereocenters. The summed E-state index contributed by atoms with van der Waals surface area (Å²) in [5, 5.41) is 9.87. The smallest absolute Gasteiger partial charge is 0.193 e. The number of aliphatic hydroxyl groups excluding tert-OH is 1. The summed E-state index contributed by atoms with van der Waals surface area (Å²) in [5.41, 5.74) is 0. The van der Waals surface area contributed by atoms with Gasteiger partial charge >= 0.3 is 0 Å². The molecule has 0 bridgehead atoms. The highest BCUT2D eigenvalue weighted by Gasteiger charge is 2.42. The molecular weight excluding hydrogens is 168 g/mol. The molecule has 1 aliphatic rings. The Labute approximate surface area is 80.0 Å². The van der Waals surface area contributed by atoms with E-state index < -0.39 is 11.9 Å². The second-order valence-corrected chi connectivity index (χ2v) is 3.78. The fourth-order valence-corrected chi connectivity index (χ4v) is 2.12. The molecule has 78 valence electrons. The third-order valence-corrected chi connectivity index (χ3v) is 3.23. The van der Waals surface area contributed by atoms with E-state index >= 15 is 0 Å². The van der Waals surface area contributed by atoms with Gasteiger partial charge in [-0.2, -0.15) is 0 Å². The third kappa shape index (κ3) is 2.03. The van der Waals surface area contributed by atoms with Crippen LogP contribution in [0.5, 0.6) is 0 Å². The quantitative estimate of drug-likeness (QED) is 0.683. The number of rotatable bonds is 3. The van der Waals surface area contributed by atoms with Crippen molar-refractivity contribution in [3.8, 4) is 0 Å². The predicted molar refractivity (Wildman–Crippen MR) is 50.4 cm³/mol. The zero-order valence-electron chi connectivity index (χ0n) is 8.75. The lowest BCUT2D eigenvalue weighted by atomic mass is 9.81. The number of aliphatic hydroxyl groups is 1. The van der Waals surface area contributed by atoms with Crippen LogP contribution in [-0.4, -0.2) is 31.2 Å². The van der Waals surface area contributed by atoms with Crippen molar-refractivity contribution < 1.29 is 14.6 Å². The molecule has 2 atom stereocenters. The lowest BCUT2D eigenvalue weighted by Crippen LogP contribution is -2.50. The molecule has 13 heavy (non-hydrogen) atoms. The first-order valence-corrected chi connectivity index (χ1v) is 4.97. The minimum atomic E-state index is -0.744. The molecule has 0 aromatic heterocycles. The lowest BCUT2D eigenvalue weighted by Gasteiger charge is -2.41. The van der Waals surface area contributed by atoms with Crippen LogP contribution >= 0.6 is 0 Å². The molecule has 3 heteroatoms. The van der Waals surface area contributed by atoms with E-state index in [2.05, 4.69) is 6.92 Å². The lowest BCUT2D eigenvalue weighted by molar-refractivity contribution is -0.277. The van der Waals surface area contributed by atoms with Crippen molar-refractivity contribution in [1.29, 1.82) is 0 Å². The van der Waals surface area contributed by atoms with Gasteiger partial charge in [0.15, 0.2) is 5.79 Å². The van der Waals surface area contributed by atoms with E-state index in [1.807, 2.05) is 0 Å². The molecule has 0 aromatic rings. The molecule has 0 aliphatic heterocycles. The van der Waals surface area contributed by atoms with Crippen LogP contribution in [0.15, 0.2) is 0 Å². The van der Waals surface area contributed by atoms with Gasteiger partial charge in [-0.25, -0.2) is 0 Å². The van der Waals surface area contributed by atoms with E-state index in [4.69, 9.17) is 9.47 Å². The Kier molecular flexibility index (Phi) is 3.71. The maximum absolute atomic E-state index is 9.87. The van der Waals surface area contributed by atoms with Crippen LogP contribution in [0, 0.1) is 5.92 Å². The van der Waals surface area contributed by atoms with Gasteiger partial charge in [0.1, 0.15) is 6.10 Å². The first-order chi connectivity index (χ1) is 6.18. The van der Waals surface area contributed by atoms with E-state index in [0.717, 1.165) is 25.7 Å². The van der Waals surface area contributed by atoms with E-state index in [-0.39, 0.29) is 0 Å². The molecule has 3 nitrogen and oxygen atoms in total. The van der Waals surface area contributed by atoms with Crippen LogP contribution in [0.4, 0.5) is 0 Å². The van der Waals surface area contributed by atoms with E-state index in [0.29, 0.717) is 5.92 Å². The Balaban J connectivity index is 2.60. The van der Waals surface area contributed by atoms with Crippen LogP contribution < -0.4 is 0 Å². The Morgan fingerprint density at radius 2 is 2.00 bits per heavy atom. The minimum absolute atomic E-state index is 0.485. The standard InChI is InChI=1S/C10H20O3/c1-4-8-5-6-10(12-2,13-3)9(11)7-8/h8-9,11H,4-7H2,1-3H3/t8-,9-/m0/s1. The summed E-state index contributed by atoms with van der Waals surface area (Å²) in [4.78, 5) is 0. The second kappa shape index (κ2) is 4.40. The fourth-order valence-electron chi connectivity index (χ4n) is 2.12. The van der Waals surface area contributed by atoms with Crippen molar-refractivity contribution in [2.24, 2.45) is 5.92 Å². The first kappa shape index (κ1) is 11.0. The van der Waals surface area contributed by atoms with Crippen molar-refractivity contribution in [2.75, 3.05) is 14.2 Å². The zero-order chi connectivity index (χ0) is 9.90. The average Bonchev–Trinajstić information content (AvgIpc) is 2.18. The zero-order valence-corrected chi connectivity index (χ0v) is 8.75. The largest absolute Gasteiger partial charge is 0.387 e. The summed E-state index contributed by atoms with van der Waals surface area (Å²) < 4.78 is 10.5. The van der Waals surface area contributed by atoms with Gasteiger partial charge in [-0.3, -0.25) is 0 Å². The third-order valence-electron chi connectivity index (χ3n) is 3.23. The Hall–Kier alpha value is -0.120. The SMILES string of the molecule is CC[C@H]1CCC(OC)(OC)[C@@H](O)C1. The molecule has 0 heterocycles. The monoisotopic (exact) mass is 188 g/mol. The van der Waals surface area contributed by atoms with Gasteiger partial charge in [-0.1, -0.05) is 13.3 Å². The highest BCUT2D eigenvalue weighted by atomic mass is 16.7. The van der Waals surface area contributed by atoms with Crippen LogP contribution in [0.1, 0.15) is 32.6 Å². The summed E-state index contributed by atoms with van der Waals surface area (Å²) in [5.74, 6) is -0.125. The topological polar surface area (TPSA) is 38.7 Å². The van der Waals surface area contributed by atoms with Gasteiger partial charge in [0.05, 0.1) is 0 Å². The molecule has 1 saturated carbocycles. The number of hydrogen-bond acceptors (Lipinski definition) is 3. The van der Waals surface area contributed by atoms with E-state index in [1.165, 1.54) is 0 Å². The summed E-state index contributed by atoms with van der Waals surface area (Å²) in [6.07, 6.45) is 3.30. The number of ether oxygens (including phenoxy) is 2. The summed E-state index contributed by atoms with van der Waals surface area (Å²) in [6.45, 7) is 2.16. The number of methoxy groups -OCH3 is 2. The van der Waals surface area contributed by atoms with Crippen molar-refractivity contribution in [2.45, 2.75) is 44.5 Å². The molecule has 0 aromatic carbocycles. The summed E-state index contributed by atoms with van der Waals surface area (Å²) in [7, 11) is 3.19. The summed E-state index contributed by atoms with van der Waals surface area (Å²) in [6, 6.07) is 0. The minimum Gasteiger partial charge on any atom is -0.387 e.